The van der Waals surface area contributed by atoms with Crippen LogP contribution in [0.1, 0.15) is 17.5 Å². The summed E-state index contributed by atoms with van der Waals surface area (Å²) in [5, 5.41) is 4.37. The normalized spacial score (nSPS) is 16.6. The first-order valence-corrected chi connectivity index (χ1v) is 9.93. The van der Waals surface area contributed by atoms with Crippen LogP contribution in [0, 0.1) is 11.7 Å². The van der Waals surface area contributed by atoms with E-state index < -0.39 is 0 Å². The molecule has 5 nitrogen and oxygen atoms in total. The summed E-state index contributed by atoms with van der Waals surface area (Å²) in [5.41, 5.74) is 2.78. The molecular weight excluding hydrogens is 393 g/mol. The number of carbonyl (C=O) groups is 2. The Morgan fingerprint density at radius 2 is 2.03 bits per heavy atom. The molecule has 1 unspecified atom stereocenters. The van der Waals surface area contributed by atoms with Crippen LogP contribution in [0.15, 0.2) is 48.7 Å². The van der Waals surface area contributed by atoms with Crippen molar-refractivity contribution in [1.29, 1.82) is 0 Å². The molecule has 0 spiro atoms. The van der Waals surface area contributed by atoms with Gasteiger partial charge in [-0.05, 0) is 47.9 Å². The van der Waals surface area contributed by atoms with Crippen LogP contribution in [-0.4, -0.2) is 34.8 Å². The Bertz CT molecular complexity index is 1050. The van der Waals surface area contributed by atoms with Gasteiger partial charge in [0.1, 0.15) is 5.82 Å². The Morgan fingerprint density at radius 1 is 1.24 bits per heavy atom. The number of H-pyrrole nitrogens is 1. The van der Waals surface area contributed by atoms with Crippen molar-refractivity contribution >= 4 is 34.3 Å². The summed E-state index contributed by atoms with van der Waals surface area (Å²) < 4.78 is 13.5. The standard InChI is InChI=1S/C22H21ClFN3O2/c23-17-3-1-14(2-4-17)11-26-22(29)16-9-21(28)27(13-16)8-7-15-12-25-20-6-5-18(24)10-19(15)20/h1-6,10,12,16,25H,7-9,11,13H2,(H,26,29). The number of aromatic nitrogens is 1. The summed E-state index contributed by atoms with van der Waals surface area (Å²) in [6, 6.07) is 11.9. The van der Waals surface area contributed by atoms with Gasteiger partial charge in [-0.3, -0.25) is 9.59 Å². The summed E-state index contributed by atoms with van der Waals surface area (Å²) in [4.78, 5) is 29.6. The maximum absolute atomic E-state index is 13.5. The third-order valence-corrected chi connectivity index (χ3v) is 5.60. The first-order valence-electron chi connectivity index (χ1n) is 9.55. The van der Waals surface area contributed by atoms with E-state index in [0.717, 1.165) is 22.0 Å². The van der Waals surface area contributed by atoms with Gasteiger partial charge in [0.05, 0.1) is 5.92 Å². The molecule has 0 saturated carbocycles. The van der Waals surface area contributed by atoms with Gasteiger partial charge in [0, 0.05) is 48.2 Å². The van der Waals surface area contributed by atoms with Gasteiger partial charge in [-0.15, -0.1) is 0 Å². The molecule has 150 valence electrons. The summed E-state index contributed by atoms with van der Waals surface area (Å²) in [6.45, 7) is 1.31. The maximum atomic E-state index is 13.5. The lowest BCUT2D eigenvalue weighted by Crippen LogP contribution is -2.33. The van der Waals surface area contributed by atoms with Crippen molar-refractivity contribution in [2.24, 2.45) is 5.92 Å². The highest BCUT2D eigenvalue weighted by Crippen LogP contribution is 2.22. The van der Waals surface area contributed by atoms with Crippen molar-refractivity contribution in [2.75, 3.05) is 13.1 Å². The van der Waals surface area contributed by atoms with Crippen molar-refractivity contribution in [2.45, 2.75) is 19.4 Å². The van der Waals surface area contributed by atoms with Crippen LogP contribution in [-0.2, 0) is 22.6 Å². The number of hydrogen-bond donors (Lipinski definition) is 2. The third kappa shape index (κ3) is 4.43. The van der Waals surface area contributed by atoms with E-state index in [9.17, 15) is 14.0 Å². The largest absolute Gasteiger partial charge is 0.361 e. The molecule has 1 aromatic heterocycles. The molecule has 0 bridgehead atoms. The van der Waals surface area contributed by atoms with Crippen molar-refractivity contribution in [1.82, 2.24) is 15.2 Å². The number of likely N-dealkylation sites (tertiary alicyclic amines) is 1. The van der Waals surface area contributed by atoms with Gasteiger partial charge in [-0.1, -0.05) is 23.7 Å². The molecule has 1 aliphatic rings. The van der Waals surface area contributed by atoms with E-state index in [2.05, 4.69) is 10.3 Å². The molecular formula is C22H21ClFN3O2. The number of aromatic amines is 1. The molecule has 0 aliphatic carbocycles. The minimum atomic E-state index is -0.352. The van der Waals surface area contributed by atoms with Crippen molar-refractivity contribution in [3.05, 3.63) is 70.6 Å². The van der Waals surface area contributed by atoms with E-state index in [1.807, 2.05) is 18.3 Å². The number of hydrogen-bond acceptors (Lipinski definition) is 2. The Morgan fingerprint density at radius 3 is 2.83 bits per heavy atom. The minimum absolute atomic E-state index is 0.0253. The zero-order valence-electron chi connectivity index (χ0n) is 15.8. The summed E-state index contributed by atoms with van der Waals surface area (Å²) in [6.07, 6.45) is 2.67. The quantitative estimate of drug-likeness (QED) is 0.647. The first kappa shape index (κ1) is 19.5. The summed E-state index contributed by atoms with van der Waals surface area (Å²) in [7, 11) is 0. The fraction of sp³-hybridized carbons (Fsp3) is 0.273. The van der Waals surface area contributed by atoms with Crippen LogP contribution < -0.4 is 5.32 Å². The summed E-state index contributed by atoms with van der Waals surface area (Å²) in [5.74, 6) is -0.782. The molecule has 3 aromatic rings. The molecule has 2 N–H and O–H groups in total. The molecule has 2 amide bonds. The zero-order valence-corrected chi connectivity index (χ0v) is 16.5. The number of halogens is 2. The molecule has 1 saturated heterocycles. The van der Waals surface area contributed by atoms with E-state index in [1.54, 1.807) is 23.1 Å². The van der Waals surface area contributed by atoms with Crippen LogP contribution >= 0.6 is 11.6 Å². The van der Waals surface area contributed by atoms with Crippen LogP contribution in [0.25, 0.3) is 10.9 Å². The molecule has 4 rings (SSSR count). The van der Waals surface area contributed by atoms with Crippen molar-refractivity contribution in [3.8, 4) is 0 Å². The monoisotopic (exact) mass is 413 g/mol. The average Bonchev–Trinajstić information content (AvgIpc) is 3.28. The number of benzene rings is 2. The highest BCUT2D eigenvalue weighted by molar-refractivity contribution is 6.30. The molecule has 2 aromatic carbocycles. The Balaban J connectivity index is 1.32. The van der Waals surface area contributed by atoms with Gasteiger partial charge < -0.3 is 15.2 Å². The Kier molecular flexibility index (Phi) is 5.53. The second-order valence-corrected chi connectivity index (χ2v) is 7.78. The maximum Gasteiger partial charge on any atom is 0.225 e. The predicted molar refractivity (Wildman–Crippen MR) is 110 cm³/mol. The molecule has 2 heterocycles. The summed E-state index contributed by atoms with van der Waals surface area (Å²) >= 11 is 5.87. The molecule has 1 aliphatic heterocycles. The number of nitrogens with one attached hydrogen (secondary N) is 2. The van der Waals surface area contributed by atoms with Gasteiger partial charge in [-0.2, -0.15) is 0 Å². The molecule has 7 heteroatoms. The number of rotatable bonds is 6. The van der Waals surface area contributed by atoms with Crippen molar-refractivity contribution in [3.63, 3.8) is 0 Å². The van der Waals surface area contributed by atoms with Gasteiger partial charge in [-0.25, -0.2) is 4.39 Å². The third-order valence-electron chi connectivity index (χ3n) is 5.35. The van der Waals surface area contributed by atoms with E-state index in [4.69, 9.17) is 11.6 Å². The molecule has 29 heavy (non-hydrogen) atoms. The lowest BCUT2D eigenvalue weighted by Gasteiger charge is -2.16. The Hall–Kier alpha value is -2.86. The highest BCUT2D eigenvalue weighted by Gasteiger charge is 2.33. The smallest absolute Gasteiger partial charge is 0.225 e. The van der Waals surface area contributed by atoms with Crippen LogP contribution in [0.2, 0.25) is 5.02 Å². The molecule has 1 atom stereocenters. The fourth-order valence-electron chi connectivity index (χ4n) is 3.71. The molecule has 0 radical (unpaired) electrons. The highest BCUT2D eigenvalue weighted by atomic mass is 35.5. The SMILES string of the molecule is O=C(NCc1ccc(Cl)cc1)C1CC(=O)N(CCc2c[nH]c3ccc(F)cc23)C1. The second-order valence-electron chi connectivity index (χ2n) is 7.34. The van der Waals surface area contributed by atoms with Crippen LogP contribution in [0.4, 0.5) is 4.39 Å². The number of amides is 2. The fourth-order valence-corrected chi connectivity index (χ4v) is 3.84. The lowest BCUT2D eigenvalue weighted by molar-refractivity contribution is -0.129. The number of nitrogens with zero attached hydrogens (tertiary/aromatic N) is 1. The van der Waals surface area contributed by atoms with Gasteiger partial charge in [0.15, 0.2) is 0 Å². The van der Waals surface area contributed by atoms with Crippen LogP contribution in [0.5, 0.6) is 0 Å². The topological polar surface area (TPSA) is 65.2 Å². The number of fused-ring (bicyclic) bond motifs is 1. The van der Waals surface area contributed by atoms with Crippen LogP contribution in [0.3, 0.4) is 0 Å². The van der Waals surface area contributed by atoms with E-state index in [0.29, 0.717) is 31.1 Å². The zero-order chi connectivity index (χ0) is 20.4. The average molecular weight is 414 g/mol. The van der Waals surface area contributed by atoms with Crippen molar-refractivity contribution < 1.29 is 14.0 Å². The first-order chi connectivity index (χ1) is 14.0. The number of carbonyl (C=O) groups excluding carboxylic acids is 2. The molecule has 1 fully saturated rings. The minimum Gasteiger partial charge on any atom is -0.361 e. The van der Waals surface area contributed by atoms with Gasteiger partial charge in [0.25, 0.3) is 0 Å². The predicted octanol–water partition coefficient (Wildman–Crippen LogP) is 3.67. The van der Waals surface area contributed by atoms with E-state index >= 15 is 0 Å². The van der Waals surface area contributed by atoms with E-state index in [-0.39, 0.29) is 30.0 Å². The Labute approximate surface area is 172 Å². The lowest BCUT2D eigenvalue weighted by atomic mass is 10.1. The second kappa shape index (κ2) is 8.25. The van der Waals surface area contributed by atoms with Gasteiger partial charge in [0.2, 0.25) is 11.8 Å². The van der Waals surface area contributed by atoms with E-state index in [1.165, 1.54) is 12.1 Å². The van der Waals surface area contributed by atoms with Gasteiger partial charge >= 0.3 is 0 Å².